The van der Waals surface area contributed by atoms with Gasteiger partial charge in [0.05, 0.1) is 0 Å². The standard InChI is InChI=1S/C10H15N3O4/c14-5-2-4-13-9(7-3-1-6-17-7)8(10(15)16)11-12-13/h7,14H,1-6H2,(H,15,16). The normalized spacial score (nSPS) is 19.7. The second-order valence-electron chi connectivity index (χ2n) is 3.93. The number of rotatable bonds is 5. The Morgan fingerprint density at radius 1 is 1.59 bits per heavy atom. The van der Waals surface area contributed by atoms with E-state index >= 15 is 0 Å². The minimum atomic E-state index is -1.09. The third kappa shape index (κ3) is 2.45. The highest BCUT2D eigenvalue weighted by Gasteiger charge is 2.29. The maximum atomic E-state index is 11.0. The molecule has 0 amide bonds. The molecule has 1 aromatic rings. The van der Waals surface area contributed by atoms with E-state index in [1.54, 1.807) is 0 Å². The predicted octanol–water partition coefficient (Wildman–Crippen LogP) is 0.210. The number of nitrogens with zero attached hydrogens (tertiary/aromatic N) is 3. The number of hydrogen-bond acceptors (Lipinski definition) is 5. The summed E-state index contributed by atoms with van der Waals surface area (Å²) < 4.78 is 7.01. The number of carboxylic acid groups (broad SMARTS) is 1. The van der Waals surface area contributed by atoms with Crippen molar-refractivity contribution in [1.29, 1.82) is 0 Å². The number of ether oxygens (including phenoxy) is 1. The van der Waals surface area contributed by atoms with Crippen LogP contribution < -0.4 is 0 Å². The number of carboxylic acids is 1. The van der Waals surface area contributed by atoms with Gasteiger partial charge >= 0.3 is 5.97 Å². The van der Waals surface area contributed by atoms with Crippen molar-refractivity contribution in [2.45, 2.75) is 31.9 Å². The van der Waals surface area contributed by atoms with Crippen LogP contribution in [0.3, 0.4) is 0 Å². The Kier molecular flexibility index (Phi) is 3.70. The molecule has 0 saturated carbocycles. The molecule has 2 heterocycles. The quantitative estimate of drug-likeness (QED) is 0.764. The van der Waals surface area contributed by atoms with Crippen molar-refractivity contribution < 1.29 is 19.7 Å². The molecule has 1 aliphatic heterocycles. The van der Waals surface area contributed by atoms with Gasteiger partial charge in [-0.3, -0.25) is 0 Å². The molecule has 2 rings (SSSR count). The van der Waals surface area contributed by atoms with Crippen molar-refractivity contribution >= 4 is 5.97 Å². The summed E-state index contributed by atoms with van der Waals surface area (Å²) in [6.07, 6.45) is 1.97. The van der Waals surface area contributed by atoms with E-state index in [0.29, 0.717) is 25.3 Å². The van der Waals surface area contributed by atoms with Crippen molar-refractivity contribution in [2.75, 3.05) is 13.2 Å². The molecule has 1 saturated heterocycles. The maximum absolute atomic E-state index is 11.0. The first-order chi connectivity index (χ1) is 8.24. The van der Waals surface area contributed by atoms with Crippen molar-refractivity contribution in [3.05, 3.63) is 11.4 Å². The summed E-state index contributed by atoms with van der Waals surface area (Å²) in [6.45, 7) is 1.12. The monoisotopic (exact) mass is 241 g/mol. The van der Waals surface area contributed by atoms with E-state index in [-0.39, 0.29) is 18.4 Å². The highest BCUT2D eigenvalue weighted by Crippen LogP contribution is 2.30. The zero-order chi connectivity index (χ0) is 12.3. The molecule has 0 radical (unpaired) electrons. The van der Waals surface area contributed by atoms with E-state index in [1.807, 2.05) is 0 Å². The van der Waals surface area contributed by atoms with Gasteiger partial charge < -0.3 is 14.9 Å². The largest absolute Gasteiger partial charge is 0.476 e. The Morgan fingerprint density at radius 3 is 3.00 bits per heavy atom. The smallest absolute Gasteiger partial charge is 0.358 e. The van der Waals surface area contributed by atoms with Crippen LogP contribution in [0.5, 0.6) is 0 Å². The van der Waals surface area contributed by atoms with Gasteiger partial charge in [0.25, 0.3) is 0 Å². The van der Waals surface area contributed by atoms with Gasteiger partial charge in [-0.05, 0) is 19.3 Å². The Labute approximate surface area is 98.0 Å². The Balaban J connectivity index is 2.28. The molecule has 94 valence electrons. The molecule has 7 nitrogen and oxygen atoms in total. The van der Waals surface area contributed by atoms with Gasteiger partial charge in [-0.1, -0.05) is 5.21 Å². The Morgan fingerprint density at radius 2 is 2.41 bits per heavy atom. The molecule has 0 aromatic carbocycles. The second kappa shape index (κ2) is 5.24. The third-order valence-corrected chi connectivity index (χ3v) is 2.74. The number of aromatic nitrogens is 3. The summed E-state index contributed by atoms with van der Waals surface area (Å²) in [4.78, 5) is 11.0. The van der Waals surface area contributed by atoms with Crippen molar-refractivity contribution in [1.82, 2.24) is 15.0 Å². The molecule has 0 aliphatic carbocycles. The van der Waals surface area contributed by atoms with Crippen LogP contribution in [0, 0.1) is 0 Å². The van der Waals surface area contributed by atoms with E-state index < -0.39 is 5.97 Å². The SMILES string of the molecule is O=C(O)c1nnn(CCCO)c1C1CCCO1. The molecule has 0 spiro atoms. The molecule has 1 aliphatic rings. The number of carbonyl (C=O) groups is 1. The predicted molar refractivity (Wildman–Crippen MR) is 56.6 cm³/mol. The Bertz CT molecular complexity index is 398. The summed E-state index contributed by atoms with van der Waals surface area (Å²) >= 11 is 0. The van der Waals surface area contributed by atoms with Crippen LogP contribution in [0.1, 0.15) is 41.5 Å². The van der Waals surface area contributed by atoms with Crippen LogP contribution >= 0.6 is 0 Å². The van der Waals surface area contributed by atoms with Gasteiger partial charge in [0, 0.05) is 19.8 Å². The molecule has 1 aromatic heterocycles. The molecule has 2 N–H and O–H groups in total. The van der Waals surface area contributed by atoms with Crippen LogP contribution in [-0.4, -0.2) is 44.4 Å². The van der Waals surface area contributed by atoms with Crippen molar-refractivity contribution in [3.63, 3.8) is 0 Å². The molecule has 17 heavy (non-hydrogen) atoms. The summed E-state index contributed by atoms with van der Waals surface area (Å²) in [5, 5.41) is 25.3. The molecule has 1 fully saturated rings. The lowest BCUT2D eigenvalue weighted by Crippen LogP contribution is -2.13. The average Bonchev–Trinajstić information content (AvgIpc) is 2.94. The molecular formula is C10H15N3O4. The molecule has 1 atom stereocenters. The maximum Gasteiger partial charge on any atom is 0.358 e. The first-order valence-electron chi connectivity index (χ1n) is 5.63. The van der Waals surface area contributed by atoms with Crippen molar-refractivity contribution in [3.8, 4) is 0 Å². The number of aliphatic hydroxyl groups excluding tert-OH is 1. The van der Waals surface area contributed by atoms with Gasteiger partial charge in [-0.2, -0.15) is 0 Å². The molecule has 0 bridgehead atoms. The summed E-state index contributed by atoms with van der Waals surface area (Å²) in [6, 6.07) is 0. The summed E-state index contributed by atoms with van der Waals surface area (Å²) in [7, 11) is 0. The van der Waals surface area contributed by atoms with Gasteiger partial charge in [0.2, 0.25) is 0 Å². The molecule has 7 heteroatoms. The minimum Gasteiger partial charge on any atom is -0.476 e. The fraction of sp³-hybridized carbons (Fsp3) is 0.700. The lowest BCUT2D eigenvalue weighted by atomic mass is 10.1. The first-order valence-corrected chi connectivity index (χ1v) is 5.63. The average molecular weight is 241 g/mol. The van der Waals surface area contributed by atoms with Crippen molar-refractivity contribution in [2.24, 2.45) is 0 Å². The van der Waals surface area contributed by atoms with Gasteiger partial charge in [-0.15, -0.1) is 5.10 Å². The number of aryl methyl sites for hydroxylation is 1. The summed E-state index contributed by atoms with van der Waals surface area (Å²) in [5.74, 6) is -1.09. The van der Waals surface area contributed by atoms with E-state index in [4.69, 9.17) is 14.9 Å². The van der Waals surface area contributed by atoms with E-state index in [1.165, 1.54) is 4.68 Å². The topological polar surface area (TPSA) is 97.5 Å². The Hall–Kier alpha value is -1.47. The second-order valence-corrected chi connectivity index (χ2v) is 3.93. The van der Waals surface area contributed by atoms with Gasteiger partial charge in [0.1, 0.15) is 11.8 Å². The van der Waals surface area contributed by atoms with Gasteiger partial charge in [0.15, 0.2) is 5.69 Å². The summed E-state index contributed by atoms with van der Waals surface area (Å²) in [5.41, 5.74) is 0.471. The molecule has 1 unspecified atom stereocenters. The van der Waals surface area contributed by atoms with Crippen LogP contribution in [-0.2, 0) is 11.3 Å². The van der Waals surface area contributed by atoms with Crippen LogP contribution in [0.2, 0.25) is 0 Å². The number of aliphatic hydroxyl groups is 1. The fourth-order valence-corrected chi connectivity index (χ4v) is 1.97. The lowest BCUT2D eigenvalue weighted by molar-refractivity contribution is 0.0671. The lowest BCUT2D eigenvalue weighted by Gasteiger charge is -2.12. The van der Waals surface area contributed by atoms with Crippen LogP contribution in [0.15, 0.2) is 0 Å². The van der Waals surface area contributed by atoms with Crippen LogP contribution in [0.25, 0.3) is 0 Å². The van der Waals surface area contributed by atoms with Crippen LogP contribution in [0.4, 0.5) is 0 Å². The van der Waals surface area contributed by atoms with E-state index in [0.717, 1.165) is 12.8 Å². The fourth-order valence-electron chi connectivity index (χ4n) is 1.97. The molecular weight excluding hydrogens is 226 g/mol. The highest BCUT2D eigenvalue weighted by molar-refractivity contribution is 5.86. The van der Waals surface area contributed by atoms with E-state index in [2.05, 4.69) is 10.3 Å². The first kappa shape index (κ1) is 12.0. The zero-order valence-corrected chi connectivity index (χ0v) is 9.37. The third-order valence-electron chi connectivity index (χ3n) is 2.74. The van der Waals surface area contributed by atoms with Gasteiger partial charge in [-0.25, -0.2) is 9.48 Å². The number of hydrogen-bond donors (Lipinski definition) is 2. The minimum absolute atomic E-state index is 0.0349. The van der Waals surface area contributed by atoms with E-state index in [9.17, 15) is 4.79 Å². The highest BCUT2D eigenvalue weighted by atomic mass is 16.5. The zero-order valence-electron chi connectivity index (χ0n) is 9.37. The number of aromatic carboxylic acids is 1.